The maximum Gasteiger partial charge on any atom is 0.251 e. The second-order valence-corrected chi connectivity index (χ2v) is 8.24. The molecule has 0 aromatic heterocycles. The number of hydrogen-bond acceptors (Lipinski definition) is 4. The molecule has 0 aliphatic carbocycles. The van der Waals surface area contributed by atoms with Crippen molar-refractivity contribution in [3.63, 3.8) is 0 Å². The second-order valence-electron chi connectivity index (χ2n) is 8.24. The molecule has 5 heteroatoms. The lowest BCUT2D eigenvalue weighted by molar-refractivity contribution is -0.0704. The second kappa shape index (κ2) is 8.30. The normalized spacial score (nSPS) is 23.3. The minimum Gasteiger partial charge on any atom is -0.391 e. The lowest BCUT2D eigenvalue weighted by Crippen LogP contribution is -2.44. The minimum absolute atomic E-state index is 0.150. The molecule has 1 fully saturated rings. The standard InChI is InChI=1S/C20H32N2O3/c1-14-11-22(12-15(2)25-14)13-16-6-8-17(9-7-16)19(24)21-10-18(23)20(3,4)5/h6-9,14-15,18,23H,10-13H2,1-5H3,(H,21,24). The zero-order valence-electron chi connectivity index (χ0n) is 16.1. The topological polar surface area (TPSA) is 61.8 Å². The summed E-state index contributed by atoms with van der Waals surface area (Å²) in [5.41, 5.74) is 1.56. The van der Waals surface area contributed by atoms with E-state index in [0.717, 1.165) is 19.6 Å². The van der Waals surface area contributed by atoms with E-state index in [4.69, 9.17) is 4.74 Å². The van der Waals surface area contributed by atoms with Crippen LogP contribution in [0.2, 0.25) is 0 Å². The van der Waals surface area contributed by atoms with Crippen molar-refractivity contribution in [3.05, 3.63) is 35.4 Å². The lowest BCUT2D eigenvalue weighted by atomic mass is 9.89. The van der Waals surface area contributed by atoms with E-state index in [9.17, 15) is 9.90 Å². The molecule has 2 N–H and O–H groups in total. The summed E-state index contributed by atoms with van der Waals surface area (Å²) in [6.45, 7) is 13.0. The van der Waals surface area contributed by atoms with Crippen LogP contribution in [0.15, 0.2) is 24.3 Å². The SMILES string of the molecule is CC1CN(Cc2ccc(C(=O)NCC(O)C(C)(C)C)cc2)CC(C)O1. The Morgan fingerprint density at radius 1 is 1.24 bits per heavy atom. The minimum atomic E-state index is -0.568. The highest BCUT2D eigenvalue weighted by Gasteiger charge is 2.23. The van der Waals surface area contributed by atoms with Gasteiger partial charge in [0.05, 0.1) is 18.3 Å². The van der Waals surface area contributed by atoms with Crippen LogP contribution in [0.3, 0.4) is 0 Å². The quantitative estimate of drug-likeness (QED) is 0.858. The number of aliphatic hydroxyl groups is 1. The maximum atomic E-state index is 12.2. The predicted molar refractivity (Wildman–Crippen MR) is 99.5 cm³/mol. The average Bonchev–Trinajstić information content (AvgIpc) is 2.51. The molecular weight excluding hydrogens is 316 g/mol. The number of nitrogens with one attached hydrogen (secondary N) is 1. The number of aliphatic hydroxyl groups excluding tert-OH is 1. The van der Waals surface area contributed by atoms with Crippen LogP contribution < -0.4 is 5.32 Å². The van der Waals surface area contributed by atoms with Crippen LogP contribution in [0.25, 0.3) is 0 Å². The predicted octanol–water partition coefficient (Wildman–Crippen LogP) is 2.43. The Labute approximate surface area is 151 Å². The summed E-state index contributed by atoms with van der Waals surface area (Å²) < 4.78 is 5.76. The van der Waals surface area contributed by atoms with Crippen LogP contribution in [0.4, 0.5) is 0 Å². The number of ether oxygens (including phenoxy) is 1. The summed E-state index contributed by atoms with van der Waals surface area (Å²) in [6, 6.07) is 7.70. The molecule has 25 heavy (non-hydrogen) atoms. The Balaban J connectivity index is 1.87. The van der Waals surface area contributed by atoms with Crippen LogP contribution >= 0.6 is 0 Å². The van der Waals surface area contributed by atoms with Crippen molar-refractivity contribution in [2.75, 3.05) is 19.6 Å². The van der Waals surface area contributed by atoms with Crippen molar-refractivity contribution in [3.8, 4) is 0 Å². The molecule has 0 radical (unpaired) electrons. The maximum absolute atomic E-state index is 12.2. The molecule has 1 aromatic carbocycles. The van der Waals surface area contributed by atoms with Gasteiger partial charge in [-0.25, -0.2) is 0 Å². The zero-order chi connectivity index (χ0) is 18.6. The molecule has 3 atom stereocenters. The zero-order valence-corrected chi connectivity index (χ0v) is 16.1. The average molecular weight is 348 g/mol. The van der Waals surface area contributed by atoms with Gasteiger partial charge in [0.2, 0.25) is 0 Å². The third kappa shape index (κ3) is 6.10. The van der Waals surface area contributed by atoms with Crippen LogP contribution in [-0.4, -0.2) is 53.9 Å². The van der Waals surface area contributed by atoms with Gasteiger partial charge in [0.15, 0.2) is 0 Å². The van der Waals surface area contributed by atoms with Crippen LogP contribution in [0, 0.1) is 5.41 Å². The first kappa shape index (κ1) is 19.9. The van der Waals surface area contributed by atoms with Crippen molar-refractivity contribution < 1.29 is 14.6 Å². The van der Waals surface area contributed by atoms with Gasteiger partial charge in [-0.1, -0.05) is 32.9 Å². The summed E-state index contributed by atoms with van der Waals surface area (Å²) in [6.07, 6.45) is -0.0629. The highest BCUT2D eigenvalue weighted by molar-refractivity contribution is 5.94. The number of morpholine rings is 1. The van der Waals surface area contributed by atoms with E-state index in [-0.39, 0.29) is 30.1 Å². The van der Waals surface area contributed by atoms with Crippen molar-refractivity contribution in [1.82, 2.24) is 10.2 Å². The molecule has 1 amide bonds. The first-order valence-electron chi connectivity index (χ1n) is 9.08. The smallest absolute Gasteiger partial charge is 0.251 e. The van der Waals surface area contributed by atoms with E-state index in [1.54, 1.807) is 0 Å². The molecule has 0 saturated carbocycles. The van der Waals surface area contributed by atoms with Gasteiger partial charge in [-0.15, -0.1) is 0 Å². The first-order valence-corrected chi connectivity index (χ1v) is 9.08. The van der Waals surface area contributed by atoms with Gasteiger partial charge in [0.25, 0.3) is 5.91 Å². The molecule has 5 nitrogen and oxygen atoms in total. The van der Waals surface area contributed by atoms with Crippen molar-refractivity contribution in [2.24, 2.45) is 5.41 Å². The van der Waals surface area contributed by atoms with E-state index in [1.165, 1.54) is 5.56 Å². The van der Waals surface area contributed by atoms with Crippen molar-refractivity contribution in [2.45, 2.75) is 59.5 Å². The molecule has 1 aromatic rings. The van der Waals surface area contributed by atoms with Crippen molar-refractivity contribution >= 4 is 5.91 Å². The van der Waals surface area contributed by atoms with Gasteiger partial charge >= 0.3 is 0 Å². The number of benzene rings is 1. The largest absolute Gasteiger partial charge is 0.391 e. The fourth-order valence-corrected chi connectivity index (χ4v) is 3.03. The summed E-state index contributed by atoms with van der Waals surface area (Å²) in [7, 11) is 0. The Bertz CT molecular complexity index is 555. The van der Waals surface area contributed by atoms with E-state index in [2.05, 4.69) is 24.1 Å². The van der Waals surface area contributed by atoms with Gasteiger partial charge < -0.3 is 15.2 Å². The summed E-state index contributed by atoms with van der Waals surface area (Å²) in [5, 5.41) is 12.8. The Morgan fingerprint density at radius 2 is 1.80 bits per heavy atom. The van der Waals surface area contributed by atoms with E-state index in [1.807, 2.05) is 45.0 Å². The molecule has 3 unspecified atom stereocenters. The van der Waals surface area contributed by atoms with Gasteiger partial charge in [-0.3, -0.25) is 9.69 Å². The number of rotatable bonds is 5. The van der Waals surface area contributed by atoms with Gasteiger partial charge in [0.1, 0.15) is 0 Å². The summed E-state index contributed by atoms with van der Waals surface area (Å²) in [4.78, 5) is 14.6. The molecule has 2 rings (SSSR count). The number of nitrogens with zero attached hydrogens (tertiary/aromatic N) is 1. The van der Waals surface area contributed by atoms with Crippen LogP contribution in [-0.2, 0) is 11.3 Å². The molecule has 0 spiro atoms. The molecule has 140 valence electrons. The van der Waals surface area contributed by atoms with Gasteiger partial charge in [-0.05, 0) is 37.0 Å². The van der Waals surface area contributed by atoms with Gasteiger partial charge in [-0.2, -0.15) is 0 Å². The highest BCUT2D eigenvalue weighted by atomic mass is 16.5. The van der Waals surface area contributed by atoms with E-state index < -0.39 is 6.10 Å². The molecule has 1 heterocycles. The number of hydrogen-bond donors (Lipinski definition) is 2. The Kier molecular flexibility index (Phi) is 6.60. The van der Waals surface area contributed by atoms with Crippen LogP contribution in [0.5, 0.6) is 0 Å². The first-order chi connectivity index (χ1) is 11.6. The van der Waals surface area contributed by atoms with Gasteiger partial charge in [0, 0.05) is 31.7 Å². The number of carbonyl (C=O) groups excluding carboxylic acids is 1. The number of amides is 1. The highest BCUT2D eigenvalue weighted by Crippen LogP contribution is 2.18. The fourth-order valence-electron chi connectivity index (χ4n) is 3.03. The summed E-state index contributed by atoms with van der Waals surface area (Å²) in [5.74, 6) is -0.150. The third-order valence-electron chi connectivity index (χ3n) is 4.57. The van der Waals surface area contributed by atoms with Crippen LogP contribution in [0.1, 0.15) is 50.5 Å². The Hall–Kier alpha value is -1.43. The molecule has 1 aliphatic heterocycles. The van der Waals surface area contributed by atoms with E-state index in [0.29, 0.717) is 5.56 Å². The molecule has 1 aliphatic rings. The lowest BCUT2D eigenvalue weighted by Gasteiger charge is -2.35. The fraction of sp³-hybridized carbons (Fsp3) is 0.650. The number of carbonyl (C=O) groups is 1. The monoisotopic (exact) mass is 348 g/mol. The Morgan fingerprint density at radius 3 is 2.32 bits per heavy atom. The van der Waals surface area contributed by atoms with Crippen molar-refractivity contribution in [1.29, 1.82) is 0 Å². The van der Waals surface area contributed by atoms with E-state index >= 15 is 0 Å². The molecule has 1 saturated heterocycles. The summed E-state index contributed by atoms with van der Waals surface area (Å²) >= 11 is 0. The third-order valence-corrected chi connectivity index (χ3v) is 4.57. The molecular formula is C20H32N2O3. The molecule has 0 bridgehead atoms.